The van der Waals surface area contributed by atoms with Crippen LogP contribution in [0.25, 0.3) is 0 Å². The van der Waals surface area contributed by atoms with Crippen LogP contribution in [0, 0.1) is 0 Å². The Balaban J connectivity index is 1.31. The minimum absolute atomic E-state index is 0.150. The Morgan fingerprint density at radius 2 is 1.71 bits per heavy atom. The number of aromatic nitrogens is 2. The minimum atomic E-state index is -0.150. The molecule has 0 bridgehead atoms. The standard InChI is InChI=1S/C27H34N4O3/c1-4-31-13-11-21(12-14-31)20-6-8-22(9-7-20)27(32)28-26-17-23(29-30-26)10-5-19-15-24(33-2)18-25(16-19)34-3/h6-9,15-18,21H,4-5,10-14H2,1-3H3,(H2,28,29,30,32). The molecule has 0 radical (unpaired) electrons. The molecule has 0 saturated carbocycles. The van der Waals surface area contributed by atoms with Crippen LogP contribution in [-0.2, 0) is 12.8 Å². The number of nitrogens with zero attached hydrogens (tertiary/aromatic N) is 2. The molecule has 2 heterocycles. The van der Waals surface area contributed by atoms with Gasteiger partial charge in [0.25, 0.3) is 5.91 Å². The van der Waals surface area contributed by atoms with E-state index in [1.807, 2.05) is 36.4 Å². The molecular weight excluding hydrogens is 428 g/mol. The predicted octanol–water partition coefficient (Wildman–Crippen LogP) is 4.66. The first-order chi connectivity index (χ1) is 16.6. The van der Waals surface area contributed by atoms with Gasteiger partial charge >= 0.3 is 0 Å². The fourth-order valence-corrected chi connectivity index (χ4v) is 4.52. The van der Waals surface area contributed by atoms with Crippen LogP contribution in [0.4, 0.5) is 5.82 Å². The van der Waals surface area contributed by atoms with Gasteiger partial charge in [-0.1, -0.05) is 19.1 Å². The van der Waals surface area contributed by atoms with E-state index in [-0.39, 0.29) is 5.91 Å². The van der Waals surface area contributed by atoms with E-state index in [2.05, 4.69) is 39.5 Å². The molecule has 2 N–H and O–H groups in total. The number of likely N-dealkylation sites (tertiary alicyclic amines) is 1. The normalized spacial score (nSPS) is 14.7. The molecule has 3 aromatic rings. The topological polar surface area (TPSA) is 79.5 Å². The molecule has 1 aromatic heterocycles. The van der Waals surface area contributed by atoms with Crippen LogP contribution < -0.4 is 14.8 Å². The van der Waals surface area contributed by atoms with Gasteiger partial charge in [0.2, 0.25) is 0 Å². The van der Waals surface area contributed by atoms with Crippen LogP contribution in [0.2, 0.25) is 0 Å². The van der Waals surface area contributed by atoms with Gasteiger partial charge in [0.15, 0.2) is 5.82 Å². The van der Waals surface area contributed by atoms with Gasteiger partial charge in [-0.3, -0.25) is 9.89 Å². The lowest BCUT2D eigenvalue weighted by atomic mass is 9.89. The van der Waals surface area contributed by atoms with E-state index < -0.39 is 0 Å². The number of nitrogens with one attached hydrogen (secondary N) is 2. The van der Waals surface area contributed by atoms with E-state index in [9.17, 15) is 4.79 Å². The van der Waals surface area contributed by atoms with E-state index in [1.165, 1.54) is 18.4 Å². The van der Waals surface area contributed by atoms with Crippen molar-refractivity contribution in [1.82, 2.24) is 15.1 Å². The Hall–Kier alpha value is -3.32. The number of aryl methyl sites for hydroxylation is 2. The maximum absolute atomic E-state index is 12.7. The monoisotopic (exact) mass is 462 g/mol. The van der Waals surface area contributed by atoms with Crippen LogP contribution in [0.15, 0.2) is 48.5 Å². The lowest BCUT2D eigenvalue weighted by Gasteiger charge is -2.31. The molecule has 1 saturated heterocycles. The Bertz CT molecular complexity index is 1060. The zero-order valence-corrected chi connectivity index (χ0v) is 20.3. The van der Waals surface area contributed by atoms with Crippen molar-refractivity contribution in [2.45, 2.75) is 38.5 Å². The Kier molecular flexibility index (Phi) is 7.85. The van der Waals surface area contributed by atoms with E-state index >= 15 is 0 Å². The van der Waals surface area contributed by atoms with Gasteiger partial charge in [-0.25, -0.2) is 0 Å². The maximum Gasteiger partial charge on any atom is 0.256 e. The third-order valence-corrected chi connectivity index (χ3v) is 6.65. The lowest BCUT2D eigenvalue weighted by Crippen LogP contribution is -2.32. The Morgan fingerprint density at radius 1 is 1.03 bits per heavy atom. The van der Waals surface area contributed by atoms with Crippen LogP contribution >= 0.6 is 0 Å². The largest absolute Gasteiger partial charge is 0.497 e. The smallest absolute Gasteiger partial charge is 0.256 e. The summed E-state index contributed by atoms with van der Waals surface area (Å²) in [5.74, 6) is 2.49. The van der Waals surface area contributed by atoms with Crippen molar-refractivity contribution in [3.05, 3.63) is 70.9 Å². The van der Waals surface area contributed by atoms with Crippen molar-refractivity contribution in [3.8, 4) is 11.5 Å². The van der Waals surface area contributed by atoms with E-state index in [0.29, 0.717) is 17.3 Å². The molecule has 1 aliphatic rings. The number of H-pyrrole nitrogens is 1. The highest BCUT2D eigenvalue weighted by molar-refractivity contribution is 6.03. The van der Waals surface area contributed by atoms with Gasteiger partial charge in [-0.05, 0) is 86.6 Å². The third-order valence-electron chi connectivity index (χ3n) is 6.65. The third kappa shape index (κ3) is 5.97. The van der Waals surface area contributed by atoms with Crippen molar-refractivity contribution in [1.29, 1.82) is 0 Å². The van der Waals surface area contributed by atoms with Gasteiger partial charge in [0.1, 0.15) is 11.5 Å². The second kappa shape index (κ2) is 11.2. The second-order valence-corrected chi connectivity index (χ2v) is 8.78. The number of rotatable bonds is 9. The summed E-state index contributed by atoms with van der Waals surface area (Å²) >= 11 is 0. The molecule has 0 unspecified atom stereocenters. The number of amides is 1. The number of carbonyl (C=O) groups is 1. The number of carbonyl (C=O) groups excluding carboxylic acids is 1. The molecule has 180 valence electrons. The molecular formula is C27H34N4O3. The maximum atomic E-state index is 12.7. The van der Waals surface area contributed by atoms with Crippen LogP contribution in [-0.4, -0.2) is 54.9 Å². The number of anilines is 1. The van der Waals surface area contributed by atoms with Gasteiger partial charge in [-0.15, -0.1) is 0 Å². The van der Waals surface area contributed by atoms with Crippen LogP contribution in [0.3, 0.4) is 0 Å². The molecule has 0 aliphatic carbocycles. The van der Waals surface area contributed by atoms with E-state index in [4.69, 9.17) is 9.47 Å². The van der Waals surface area contributed by atoms with Gasteiger partial charge in [0.05, 0.1) is 14.2 Å². The fourth-order valence-electron chi connectivity index (χ4n) is 4.52. The Labute approximate surface area is 201 Å². The second-order valence-electron chi connectivity index (χ2n) is 8.78. The average Bonchev–Trinajstić information content (AvgIpc) is 3.34. The van der Waals surface area contributed by atoms with Crippen molar-refractivity contribution in [3.63, 3.8) is 0 Å². The minimum Gasteiger partial charge on any atom is -0.497 e. The number of hydrogen-bond donors (Lipinski definition) is 2. The molecule has 2 aromatic carbocycles. The number of aromatic amines is 1. The average molecular weight is 463 g/mol. The summed E-state index contributed by atoms with van der Waals surface area (Å²) in [6.07, 6.45) is 3.91. The highest BCUT2D eigenvalue weighted by atomic mass is 16.5. The summed E-state index contributed by atoms with van der Waals surface area (Å²) in [6, 6.07) is 15.8. The summed E-state index contributed by atoms with van der Waals surface area (Å²) < 4.78 is 10.7. The summed E-state index contributed by atoms with van der Waals surface area (Å²) in [6.45, 7) is 5.64. The number of ether oxygens (including phenoxy) is 2. The molecule has 7 heteroatoms. The summed E-state index contributed by atoms with van der Waals surface area (Å²) in [4.78, 5) is 15.2. The zero-order chi connectivity index (χ0) is 23.9. The molecule has 1 fully saturated rings. The summed E-state index contributed by atoms with van der Waals surface area (Å²) in [5, 5.41) is 10.2. The number of hydrogen-bond acceptors (Lipinski definition) is 5. The van der Waals surface area contributed by atoms with Gasteiger partial charge < -0.3 is 19.7 Å². The van der Waals surface area contributed by atoms with Crippen molar-refractivity contribution >= 4 is 11.7 Å². The first kappa shape index (κ1) is 23.8. The molecule has 1 aliphatic heterocycles. The Morgan fingerprint density at radius 3 is 2.32 bits per heavy atom. The van der Waals surface area contributed by atoms with Gasteiger partial charge in [-0.2, -0.15) is 5.10 Å². The van der Waals surface area contributed by atoms with Crippen LogP contribution in [0.1, 0.15) is 52.9 Å². The SMILES string of the molecule is CCN1CCC(c2ccc(C(=O)Nc3cc(CCc4cc(OC)cc(OC)c4)[nH]n3)cc2)CC1. The lowest BCUT2D eigenvalue weighted by molar-refractivity contribution is 0.102. The highest BCUT2D eigenvalue weighted by Gasteiger charge is 2.20. The summed E-state index contributed by atoms with van der Waals surface area (Å²) in [5.41, 5.74) is 4.02. The first-order valence-corrected chi connectivity index (χ1v) is 12.0. The molecule has 7 nitrogen and oxygen atoms in total. The fraction of sp³-hybridized carbons (Fsp3) is 0.407. The predicted molar refractivity (Wildman–Crippen MR) is 134 cm³/mol. The number of piperidine rings is 1. The molecule has 34 heavy (non-hydrogen) atoms. The van der Waals surface area contributed by atoms with Crippen molar-refractivity contribution in [2.75, 3.05) is 39.2 Å². The van der Waals surface area contributed by atoms with E-state index in [1.54, 1.807) is 14.2 Å². The molecule has 1 amide bonds. The number of methoxy groups -OCH3 is 2. The highest BCUT2D eigenvalue weighted by Crippen LogP contribution is 2.28. The number of benzene rings is 2. The van der Waals surface area contributed by atoms with Crippen LogP contribution in [0.5, 0.6) is 11.5 Å². The molecule has 4 rings (SSSR count). The first-order valence-electron chi connectivity index (χ1n) is 12.0. The quantitative estimate of drug-likeness (QED) is 0.483. The van der Waals surface area contributed by atoms with Crippen molar-refractivity contribution < 1.29 is 14.3 Å². The van der Waals surface area contributed by atoms with Gasteiger partial charge in [0, 0.05) is 23.4 Å². The zero-order valence-electron chi connectivity index (χ0n) is 20.3. The van der Waals surface area contributed by atoms with Crippen molar-refractivity contribution in [2.24, 2.45) is 0 Å². The molecule has 0 atom stereocenters. The van der Waals surface area contributed by atoms with E-state index in [0.717, 1.165) is 55.2 Å². The molecule has 0 spiro atoms. The summed E-state index contributed by atoms with van der Waals surface area (Å²) in [7, 11) is 3.29.